The maximum atomic E-state index is 12.2. The molecule has 0 aromatic heterocycles. The molecule has 1 N–H and O–H groups in total. The summed E-state index contributed by atoms with van der Waals surface area (Å²) in [5.74, 6) is 1.61. The van der Waals surface area contributed by atoms with Gasteiger partial charge in [0, 0.05) is 32.0 Å². The van der Waals surface area contributed by atoms with Crippen molar-refractivity contribution in [3.63, 3.8) is 0 Å². The van der Waals surface area contributed by atoms with Gasteiger partial charge in [0.15, 0.2) is 0 Å². The second kappa shape index (κ2) is 5.15. The fraction of sp³-hybridized carbons (Fsp3) is 0.917. The van der Waals surface area contributed by atoms with Crippen molar-refractivity contribution in [3.05, 3.63) is 0 Å². The third kappa shape index (κ3) is 2.38. The molecule has 0 radical (unpaired) electrons. The summed E-state index contributed by atoms with van der Waals surface area (Å²) in [5.41, 5.74) is 0. The molecule has 0 bridgehead atoms. The van der Waals surface area contributed by atoms with E-state index in [4.69, 9.17) is 4.74 Å². The Kier molecular flexibility index (Phi) is 3.82. The van der Waals surface area contributed by atoms with Crippen molar-refractivity contribution in [2.45, 2.75) is 13.3 Å². The van der Waals surface area contributed by atoms with E-state index in [9.17, 15) is 4.79 Å². The SMILES string of the molecule is COCC1CCN(C(=O)C(C)C2CNC2)C1. The van der Waals surface area contributed by atoms with Crippen LogP contribution in [0.5, 0.6) is 0 Å². The first-order chi connectivity index (χ1) is 7.72. The average Bonchev–Trinajstić information content (AvgIpc) is 2.63. The Hall–Kier alpha value is -0.610. The molecule has 1 amide bonds. The Morgan fingerprint density at radius 1 is 1.56 bits per heavy atom. The summed E-state index contributed by atoms with van der Waals surface area (Å²) in [4.78, 5) is 14.2. The van der Waals surface area contributed by atoms with Crippen LogP contribution in [0.25, 0.3) is 0 Å². The van der Waals surface area contributed by atoms with E-state index < -0.39 is 0 Å². The number of ether oxygens (including phenoxy) is 1. The Balaban J connectivity index is 1.81. The van der Waals surface area contributed by atoms with Crippen LogP contribution in [0.3, 0.4) is 0 Å². The number of nitrogens with zero attached hydrogens (tertiary/aromatic N) is 1. The number of rotatable bonds is 4. The first kappa shape index (κ1) is 11.9. The van der Waals surface area contributed by atoms with Crippen molar-refractivity contribution in [2.24, 2.45) is 17.8 Å². The molecule has 4 heteroatoms. The largest absolute Gasteiger partial charge is 0.384 e. The van der Waals surface area contributed by atoms with Crippen molar-refractivity contribution in [1.29, 1.82) is 0 Å². The summed E-state index contributed by atoms with van der Waals surface area (Å²) in [5, 5.41) is 3.23. The number of hydrogen-bond donors (Lipinski definition) is 1. The van der Waals surface area contributed by atoms with Crippen molar-refractivity contribution < 1.29 is 9.53 Å². The lowest BCUT2D eigenvalue weighted by Gasteiger charge is -2.34. The highest BCUT2D eigenvalue weighted by atomic mass is 16.5. The lowest BCUT2D eigenvalue weighted by molar-refractivity contribution is -0.136. The zero-order valence-electron chi connectivity index (χ0n) is 10.2. The predicted octanol–water partition coefficient (Wildman–Crippen LogP) is 0.337. The number of amides is 1. The lowest BCUT2D eigenvalue weighted by Crippen LogP contribution is -2.50. The number of carbonyl (C=O) groups is 1. The van der Waals surface area contributed by atoms with Crippen LogP contribution in [0, 0.1) is 17.8 Å². The van der Waals surface area contributed by atoms with Crippen molar-refractivity contribution >= 4 is 5.91 Å². The summed E-state index contributed by atoms with van der Waals surface area (Å²) >= 11 is 0. The van der Waals surface area contributed by atoms with Gasteiger partial charge in [0.25, 0.3) is 0 Å². The Morgan fingerprint density at radius 2 is 2.31 bits per heavy atom. The number of nitrogens with one attached hydrogen (secondary N) is 1. The van der Waals surface area contributed by atoms with E-state index in [-0.39, 0.29) is 5.92 Å². The molecule has 92 valence electrons. The van der Waals surface area contributed by atoms with E-state index in [1.165, 1.54) is 0 Å². The van der Waals surface area contributed by atoms with E-state index >= 15 is 0 Å². The van der Waals surface area contributed by atoms with Gasteiger partial charge in [-0.05, 0) is 25.4 Å². The number of carbonyl (C=O) groups excluding carboxylic acids is 1. The van der Waals surface area contributed by atoms with E-state index in [0.717, 1.165) is 39.2 Å². The monoisotopic (exact) mass is 226 g/mol. The molecule has 4 nitrogen and oxygen atoms in total. The summed E-state index contributed by atoms with van der Waals surface area (Å²) in [7, 11) is 1.73. The molecule has 0 aromatic carbocycles. The van der Waals surface area contributed by atoms with Gasteiger partial charge in [0.05, 0.1) is 6.61 Å². The summed E-state index contributed by atoms with van der Waals surface area (Å²) in [6, 6.07) is 0. The van der Waals surface area contributed by atoms with Crippen LogP contribution in [0.4, 0.5) is 0 Å². The minimum atomic E-state index is 0.183. The van der Waals surface area contributed by atoms with Gasteiger partial charge < -0.3 is 15.0 Å². The molecule has 16 heavy (non-hydrogen) atoms. The van der Waals surface area contributed by atoms with Crippen LogP contribution in [-0.4, -0.2) is 50.7 Å². The Morgan fingerprint density at radius 3 is 2.88 bits per heavy atom. The summed E-state index contributed by atoms with van der Waals surface area (Å²) < 4.78 is 5.15. The molecule has 2 saturated heterocycles. The molecular formula is C12H22N2O2. The fourth-order valence-corrected chi connectivity index (χ4v) is 2.56. The number of likely N-dealkylation sites (tertiary alicyclic amines) is 1. The van der Waals surface area contributed by atoms with E-state index in [1.54, 1.807) is 7.11 Å². The quantitative estimate of drug-likeness (QED) is 0.751. The van der Waals surface area contributed by atoms with Crippen LogP contribution in [0.2, 0.25) is 0 Å². The van der Waals surface area contributed by atoms with Crippen molar-refractivity contribution in [3.8, 4) is 0 Å². The second-order valence-electron chi connectivity index (χ2n) is 5.10. The van der Waals surface area contributed by atoms with Gasteiger partial charge in [-0.3, -0.25) is 4.79 Å². The fourth-order valence-electron chi connectivity index (χ4n) is 2.56. The standard InChI is InChI=1S/C12H22N2O2/c1-9(11-5-13-6-11)12(15)14-4-3-10(7-14)8-16-2/h9-11,13H,3-8H2,1-2H3. The lowest BCUT2D eigenvalue weighted by atomic mass is 9.88. The number of methoxy groups -OCH3 is 1. The molecule has 2 aliphatic rings. The molecule has 2 fully saturated rings. The predicted molar refractivity (Wildman–Crippen MR) is 62.1 cm³/mol. The Labute approximate surface area is 97.3 Å². The molecule has 0 aliphatic carbocycles. The van der Waals surface area contributed by atoms with Gasteiger partial charge in [-0.25, -0.2) is 0 Å². The normalized spacial score (nSPS) is 27.9. The minimum Gasteiger partial charge on any atom is -0.384 e. The molecule has 2 atom stereocenters. The van der Waals surface area contributed by atoms with Crippen LogP contribution < -0.4 is 5.32 Å². The van der Waals surface area contributed by atoms with E-state index in [0.29, 0.717) is 17.7 Å². The van der Waals surface area contributed by atoms with Gasteiger partial charge in [-0.1, -0.05) is 6.92 Å². The number of hydrogen-bond acceptors (Lipinski definition) is 3. The maximum Gasteiger partial charge on any atom is 0.225 e. The third-order valence-corrected chi connectivity index (χ3v) is 3.91. The maximum absolute atomic E-state index is 12.2. The smallest absolute Gasteiger partial charge is 0.225 e. The molecule has 2 unspecified atom stereocenters. The highest BCUT2D eigenvalue weighted by Gasteiger charge is 2.34. The van der Waals surface area contributed by atoms with Crippen molar-refractivity contribution in [1.82, 2.24) is 10.2 Å². The molecule has 0 aromatic rings. The average molecular weight is 226 g/mol. The van der Waals surface area contributed by atoms with E-state index in [2.05, 4.69) is 12.2 Å². The van der Waals surface area contributed by atoms with Gasteiger partial charge in [-0.2, -0.15) is 0 Å². The molecule has 2 aliphatic heterocycles. The molecule has 0 spiro atoms. The molecule has 0 saturated carbocycles. The topological polar surface area (TPSA) is 41.6 Å². The van der Waals surface area contributed by atoms with Crippen LogP contribution in [0.15, 0.2) is 0 Å². The van der Waals surface area contributed by atoms with Crippen LogP contribution in [0.1, 0.15) is 13.3 Å². The van der Waals surface area contributed by atoms with Crippen LogP contribution >= 0.6 is 0 Å². The molecular weight excluding hydrogens is 204 g/mol. The highest BCUT2D eigenvalue weighted by molar-refractivity contribution is 5.79. The van der Waals surface area contributed by atoms with Crippen molar-refractivity contribution in [2.75, 3.05) is 39.9 Å². The van der Waals surface area contributed by atoms with Gasteiger partial charge in [0.1, 0.15) is 0 Å². The van der Waals surface area contributed by atoms with E-state index in [1.807, 2.05) is 4.90 Å². The third-order valence-electron chi connectivity index (χ3n) is 3.91. The minimum absolute atomic E-state index is 0.183. The first-order valence-corrected chi connectivity index (χ1v) is 6.20. The summed E-state index contributed by atoms with van der Waals surface area (Å²) in [6.07, 6.45) is 1.09. The Bertz CT molecular complexity index is 253. The first-order valence-electron chi connectivity index (χ1n) is 6.20. The van der Waals surface area contributed by atoms with Gasteiger partial charge >= 0.3 is 0 Å². The van der Waals surface area contributed by atoms with Gasteiger partial charge in [-0.15, -0.1) is 0 Å². The van der Waals surface area contributed by atoms with Gasteiger partial charge in [0.2, 0.25) is 5.91 Å². The zero-order valence-corrected chi connectivity index (χ0v) is 10.2. The zero-order chi connectivity index (χ0) is 11.5. The molecule has 2 heterocycles. The molecule has 2 rings (SSSR count). The second-order valence-corrected chi connectivity index (χ2v) is 5.10. The summed E-state index contributed by atoms with van der Waals surface area (Å²) in [6.45, 7) is 6.65. The van der Waals surface area contributed by atoms with Crippen LogP contribution in [-0.2, 0) is 9.53 Å². The highest BCUT2D eigenvalue weighted by Crippen LogP contribution is 2.23.